The van der Waals surface area contributed by atoms with Crippen molar-refractivity contribution in [2.45, 2.75) is 101 Å². The lowest BCUT2D eigenvalue weighted by Crippen LogP contribution is -2.03. The topological polar surface area (TPSA) is 77.1 Å². The molecule has 0 aliphatic heterocycles. The first-order chi connectivity index (χ1) is 18.2. The van der Waals surface area contributed by atoms with Crippen LogP contribution < -0.4 is 15.0 Å². The highest BCUT2D eigenvalue weighted by Gasteiger charge is 2.01. The van der Waals surface area contributed by atoms with Crippen molar-refractivity contribution in [3.8, 4) is 11.8 Å². The van der Waals surface area contributed by atoms with Gasteiger partial charge in [-0.3, -0.25) is 4.79 Å². The maximum Gasteiger partial charge on any atom is 0.247 e. The van der Waals surface area contributed by atoms with Gasteiger partial charge in [0.15, 0.2) is 0 Å². The third-order valence-corrected chi connectivity index (χ3v) is 4.66. The van der Waals surface area contributed by atoms with Crippen LogP contribution >= 0.6 is 0 Å². The molecule has 0 saturated heterocycles. The number of ether oxygens (including phenoxy) is 2. The SMILES string of the molecule is CC.CC.CC.CC(C)c1ccc(=O)[nH]c1.COc1ccc(C(C)C)cn1.COc1cccc(C(C)C)n1. The lowest BCUT2D eigenvalue weighted by molar-refractivity contribution is 0.395. The lowest BCUT2D eigenvalue weighted by Gasteiger charge is -2.04. The quantitative estimate of drug-likeness (QED) is 0.357. The van der Waals surface area contributed by atoms with Crippen molar-refractivity contribution >= 4 is 0 Å². The minimum Gasteiger partial charge on any atom is -0.481 e. The van der Waals surface area contributed by atoms with Crippen LogP contribution in [0.2, 0.25) is 0 Å². The zero-order chi connectivity index (χ0) is 30.1. The second-order valence-corrected chi connectivity index (χ2v) is 8.19. The molecular formula is C32H55N3O3. The van der Waals surface area contributed by atoms with Crippen molar-refractivity contribution in [3.05, 3.63) is 82.0 Å². The molecule has 0 bridgehead atoms. The number of hydrogen-bond donors (Lipinski definition) is 1. The lowest BCUT2D eigenvalue weighted by atomic mass is 10.1. The number of nitrogens with zero attached hydrogens (tertiary/aromatic N) is 2. The maximum atomic E-state index is 10.6. The molecule has 0 spiro atoms. The van der Waals surface area contributed by atoms with E-state index in [1.807, 2.05) is 84.1 Å². The summed E-state index contributed by atoms with van der Waals surface area (Å²) in [4.78, 5) is 21.6. The maximum absolute atomic E-state index is 10.6. The van der Waals surface area contributed by atoms with Crippen LogP contribution in [0.1, 0.15) is 118 Å². The number of H-pyrrole nitrogens is 1. The van der Waals surface area contributed by atoms with Crippen LogP contribution in [0.5, 0.6) is 11.8 Å². The average Bonchev–Trinajstić information content (AvgIpc) is 2.97. The Morgan fingerprint density at radius 3 is 1.55 bits per heavy atom. The molecule has 6 heteroatoms. The Morgan fingerprint density at radius 2 is 1.18 bits per heavy atom. The van der Waals surface area contributed by atoms with Gasteiger partial charge in [-0.2, -0.15) is 0 Å². The first-order valence-electron chi connectivity index (χ1n) is 13.9. The van der Waals surface area contributed by atoms with Gasteiger partial charge in [0.2, 0.25) is 17.3 Å². The van der Waals surface area contributed by atoms with Crippen LogP contribution in [0.4, 0.5) is 0 Å². The van der Waals surface area contributed by atoms with E-state index in [1.165, 1.54) is 11.1 Å². The summed E-state index contributed by atoms with van der Waals surface area (Å²) in [5, 5.41) is 0. The average molecular weight is 530 g/mol. The summed E-state index contributed by atoms with van der Waals surface area (Å²) in [6.45, 7) is 24.7. The summed E-state index contributed by atoms with van der Waals surface area (Å²) in [6.07, 6.45) is 3.61. The van der Waals surface area contributed by atoms with Crippen molar-refractivity contribution in [1.82, 2.24) is 15.0 Å². The van der Waals surface area contributed by atoms with Crippen molar-refractivity contribution in [3.63, 3.8) is 0 Å². The zero-order valence-corrected chi connectivity index (χ0v) is 26.5. The van der Waals surface area contributed by atoms with Gasteiger partial charge in [0, 0.05) is 36.3 Å². The van der Waals surface area contributed by atoms with Crippen molar-refractivity contribution in [2.24, 2.45) is 0 Å². The molecule has 38 heavy (non-hydrogen) atoms. The van der Waals surface area contributed by atoms with Gasteiger partial charge < -0.3 is 14.5 Å². The Hall–Kier alpha value is -3.15. The van der Waals surface area contributed by atoms with E-state index in [1.54, 1.807) is 26.5 Å². The molecule has 6 nitrogen and oxygen atoms in total. The molecule has 3 aromatic heterocycles. The molecule has 0 unspecified atom stereocenters. The molecule has 0 aromatic carbocycles. The summed E-state index contributed by atoms with van der Waals surface area (Å²) < 4.78 is 9.93. The number of aromatic nitrogens is 3. The minimum atomic E-state index is -0.0376. The van der Waals surface area contributed by atoms with E-state index in [-0.39, 0.29) is 5.56 Å². The highest BCUT2D eigenvalue weighted by molar-refractivity contribution is 5.20. The van der Waals surface area contributed by atoms with E-state index >= 15 is 0 Å². The fraction of sp³-hybridized carbons (Fsp3) is 0.531. The van der Waals surface area contributed by atoms with Gasteiger partial charge in [-0.15, -0.1) is 0 Å². The largest absolute Gasteiger partial charge is 0.481 e. The Morgan fingerprint density at radius 1 is 0.658 bits per heavy atom. The molecule has 0 aliphatic carbocycles. The van der Waals surface area contributed by atoms with Crippen molar-refractivity contribution in [1.29, 1.82) is 0 Å². The first kappa shape index (κ1) is 39.4. The molecule has 1 N–H and O–H groups in total. The Bertz CT molecular complexity index is 946. The van der Waals surface area contributed by atoms with Gasteiger partial charge >= 0.3 is 0 Å². The molecule has 0 atom stereocenters. The molecule has 0 aliphatic rings. The number of rotatable bonds is 5. The molecule has 0 saturated carbocycles. The molecule has 0 fully saturated rings. The van der Waals surface area contributed by atoms with E-state index in [9.17, 15) is 4.79 Å². The number of hydrogen-bond acceptors (Lipinski definition) is 5. The van der Waals surface area contributed by atoms with Gasteiger partial charge in [-0.05, 0) is 34.9 Å². The number of pyridine rings is 3. The summed E-state index contributed by atoms with van der Waals surface area (Å²) in [6, 6.07) is 13.1. The molecule has 3 rings (SSSR count). The first-order valence-corrected chi connectivity index (χ1v) is 13.9. The van der Waals surface area contributed by atoms with E-state index in [0.717, 1.165) is 5.69 Å². The smallest absolute Gasteiger partial charge is 0.247 e. The zero-order valence-electron chi connectivity index (χ0n) is 26.5. The molecule has 3 aromatic rings. The second kappa shape index (κ2) is 25.5. The van der Waals surface area contributed by atoms with E-state index in [0.29, 0.717) is 29.5 Å². The summed E-state index contributed by atoms with van der Waals surface area (Å²) >= 11 is 0. The molecular weight excluding hydrogens is 474 g/mol. The number of methoxy groups -OCH3 is 2. The summed E-state index contributed by atoms with van der Waals surface area (Å²) in [5.74, 6) is 2.85. The van der Waals surface area contributed by atoms with Gasteiger partial charge in [0.1, 0.15) is 0 Å². The predicted molar refractivity (Wildman–Crippen MR) is 165 cm³/mol. The monoisotopic (exact) mass is 529 g/mol. The summed E-state index contributed by atoms with van der Waals surface area (Å²) in [5.41, 5.74) is 3.44. The van der Waals surface area contributed by atoms with E-state index < -0.39 is 0 Å². The van der Waals surface area contributed by atoms with E-state index in [2.05, 4.69) is 56.5 Å². The van der Waals surface area contributed by atoms with Crippen LogP contribution in [0.15, 0.2) is 59.7 Å². The number of nitrogens with one attached hydrogen (secondary N) is 1. The standard InChI is InChI=1S/2C9H13NO.C8H11NO.3C2H6/c1-7(2)8-4-5-9(11-3)10-6-8;1-7(2)8-5-4-6-9(10-8)11-3;1-6(2)7-3-4-8(10)9-5-7;3*1-2/h2*4-7H,1-3H3;3-6H,1-2H3,(H,9,10);3*1-2H3. The molecule has 3 heterocycles. The third-order valence-electron chi connectivity index (χ3n) is 4.66. The Labute approximate surface area is 233 Å². The van der Waals surface area contributed by atoms with E-state index in [4.69, 9.17) is 9.47 Å². The fourth-order valence-corrected chi connectivity index (χ4v) is 2.50. The van der Waals surface area contributed by atoms with Gasteiger partial charge in [0.05, 0.1) is 14.2 Å². The van der Waals surface area contributed by atoms with Crippen LogP contribution in [0.25, 0.3) is 0 Å². The minimum absolute atomic E-state index is 0.0376. The van der Waals surface area contributed by atoms with Crippen LogP contribution in [-0.2, 0) is 0 Å². The van der Waals surface area contributed by atoms with Gasteiger partial charge in [0.25, 0.3) is 0 Å². The summed E-state index contributed by atoms with van der Waals surface area (Å²) in [7, 11) is 3.25. The fourth-order valence-electron chi connectivity index (χ4n) is 2.50. The van der Waals surface area contributed by atoms with Crippen LogP contribution in [0, 0.1) is 0 Å². The van der Waals surface area contributed by atoms with Gasteiger partial charge in [-0.1, -0.05) is 101 Å². The van der Waals surface area contributed by atoms with Crippen LogP contribution in [-0.4, -0.2) is 29.2 Å². The second-order valence-electron chi connectivity index (χ2n) is 8.19. The Balaban J connectivity index is -0.000000439. The van der Waals surface area contributed by atoms with Crippen molar-refractivity contribution in [2.75, 3.05) is 14.2 Å². The third kappa shape index (κ3) is 18.1. The number of aromatic amines is 1. The molecule has 0 radical (unpaired) electrons. The molecule has 216 valence electrons. The highest BCUT2D eigenvalue weighted by Crippen LogP contribution is 2.15. The highest BCUT2D eigenvalue weighted by atomic mass is 16.5. The Kier molecular flexibility index (Phi) is 26.4. The molecule has 0 amide bonds. The van der Waals surface area contributed by atoms with Crippen LogP contribution in [0.3, 0.4) is 0 Å². The van der Waals surface area contributed by atoms with Gasteiger partial charge in [-0.25, -0.2) is 9.97 Å². The van der Waals surface area contributed by atoms with Crippen molar-refractivity contribution < 1.29 is 9.47 Å². The normalized spacial score (nSPS) is 9.08. The predicted octanol–water partition coefficient (Wildman–Crippen LogP) is 9.00.